The van der Waals surface area contributed by atoms with E-state index in [0.29, 0.717) is 17.1 Å². The number of ether oxygens (including phenoxy) is 1. The quantitative estimate of drug-likeness (QED) is 0.819. The van der Waals surface area contributed by atoms with E-state index in [1.165, 1.54) is 0 Å². The maximum Gasteiger partial charge on any atom is 0.242 e. The summed E-state index contributed by atoms with van der Waals surface area (Å²) >= 11 is 0. The van der Waals surface area contributed by atoms with Crippen LogP contribution in [0.15, 0.2) is 18.2 Å². The Kier molecular flexibility index (Phi) is 5.88. The third kappa shape index (κ3) is 4.38. The molecule has 1 aliphatic heterocycles. The molecular weight excluding hydrogens is 290 g/mol. The fraction of sp³-hybridized carbons (Fsp3) is 0.611. The van der Waals surface area contributed by atoms with E-state index >= 15 is 0 Å². The smallest absolute Gasteiger partial charge is 0.242 e. The lowest BCUT2D eigenvalue weighted by Crippen LogP contribution is -2.50. The predicted octanol–water partition coefficient (Wildman–Crippen LogP) is 2.97. The monoisotopic (exact) mass is 319 g/mol. The maximum atomic E-state index is 12.8. The third-order valence-electron chi connectivity index (χ3n) is 4.60. The molecule has 1 heterocycles. The summed E-state index contributed by atoms with van der Waals surface area (Å²) in [6, 6.07) is 5.17. The van der Waals surface area contributed by atoms with Crippen LogP contribution in [0.4, 0.5) is 11.4 Å². The molecule has 1 unspecified atom stereocenters. The number of anilines is 2. The van der Waals surface area contributed by atoms with Crippen molar-refractivity contribution in [2.45, 2.75) is 39.7 Å². The molecule has 2 rings (SSSR count). The largest absolute Gasteiger partial charge is 0.494 e. The minimum Gasteiger partial charge on any atom is -0.494 e. The Bertz CT molecular complexity index is 537. The van der Waals surface area contributed by atoms with Crippen LogP contribution in [0.3, 0.4) is 0 Å². The fourth-order valence-corrected chi connectivity index (χ4v) is 3.21. The molecule has 1 fully saturated rings. The Hall–Kier alpha value is -1.75. The van der Waals surface area contributed by atoms with E-state index in [1.54, 1.807) is 25.3 Å². The van der Waals surface area contributed by atoms with E-state index in [0.717, 1.165) is 31.8 Å². The first-order chi connectivity index (χ1) is 10.9. The van der Waals surface area contributed by atoms with Crippen molar-refractivity contribution >= 4 is 17.3 Å². The number of piperidine rings is 1. The molecule has 0 bridgehead atoms. The third-order valence-corrected chi connectivity index (χ3v) is 4.60. The number of amides is 1. The van der Waals surface area contributed by atoms with Crippen LogP contribution < -0.4 is 15.8 Å². The zero-order valence-electron chi connectivity index (χ0n) is 14.6. The van der Waals surface area contributed by atoms with Crippen molar-refractivity contribution in [1.29, 1.82) is 0 Å². The van der Waals surface area contributed by atoms with Gasteiger partial charge in [-0.15, -0.1) is 0 Å². The van der Waals surface area contributed by atoms with Gasteiger partial charge in [-0.2, -0.15) is 0 Å². The van der Waals surface area contributed by atoms with Gasteiger partial charge in [-0.05, 0) is 49.9 Å². The second-order valence-electron chi connectivity index (χ2n) is 6.86. The number of likely N-dealkylation sites (tertiary alicyclic amines) is 1. The van der Waals surface area contributed by atoms with E-state index in [4.69, 9.17) is 10.5 Å². The molecule has 0 radical (unpaired) electrons. The first-order valence-corrected chi connectivity index (χ1v) is 8.40. The van der Waals surface area contributed by atoms with E-state index in [1.807, 2.05) is 0 Å². The molecular formula is C18H29N3O2. The van der Waals surface area contributed by atoms with Crippen LogP contribution >= 0.6 is 0 Å². The highest BCUT2D eigenvalue weighted by molar-refractivity contribution is 5.96. The van der Waals surface area contributed by atoms with Gasteiger partial charge < -0.3 is 15.8 Å². The number of nitrogens with two attached hydrogens (primary N) is 1. The van der Waals surface area contributed by atoms with Crippen molar-refractivity contribution < 1.29 is 9.53 Å². The van der Waals surface area contributed by atoms with E-state index in [2.05, 4.69) is 31.0 Å². The van der Waals surface area contributed by atoms with Gasteiger partial charge in [0.1, 0.15) is 5.75 Å². The number of nitrogens with zero attached hydrogens (tertiary/aromatic N) is 1. The van der Waals surface area contributed by atoms with Gasteiger partial charge in [0.15, 0.2) is 0 Å². The van der Waals surface area contributed by atoms with Crippen LogP contribution in [-0.4, -0.2) is 37.0 Å². The summed E-state index contributed by atoms with van der Waals surface area (Å²) in [5, 5.41) is 3.02. The number of carbonyl (C=O) groups is 1. The standard InChI is InChI=1S/C18H29N3O2/c1-12(2)17(21-9-7-13(3)8-10-21)18(22)20-15-6-5-14(19)11-16(15)23-4/h5-6,11-13,17H,7-10,19H2,1-4H3,(H,20,22). The number of hydrogen-bond acceptors (Lipinski definition) is 4. The summed E-state index contributed by atoms with van der Waals surface area (Å²) in [5.74, 6) is 1.62. The minimum atomic E-state index is -0.121. The number of nitrogen functional groups attached to an aromatic ring is 1. The normalized spacial score (nSPS) is 18.0. The summed E-state index contributed by atoms with van der Waals surface area (Å²) in [5.41, 5.74) is 7.06. The van der Waals surface area contributed by atoms with Gasteiger partial charge in [-0.1, -0.05) is 20.8 Å². The fourth-order valence-electron chi connectivity index (χ4n) is 3.21. The van der Waals surface area contributed by atoms with Crippen molar-refractivity contribution in [3.8, 4) is 5.75 Å². The summed E-state index contributed by atoms with van der Waals surface area (Å²) in [7, 11) is 1.58. The van der Waals surface area contributed by atoms with Gasteiger partial charge in [-0.3, -0.25) is 9.69 Å². The molecule has 5 heteroatoms. The number of nitrogens with one attached hydrogen (secondary N) is 1. The molecule has 0 aliphatic carbocycles. The molecule has 23 heavy (non-hydrogen) atoms. The summed E-state index contributed by atoms with van der Waals surface area (Å²) < 4.78 is 5.32. The maximum absolute atomic E-state index is 12.8. The Morgan fingerprint density at radius 1 is 1.35 bits per heavy atom. The number of carbonyl (C=O) groups excluding carboxylic acids is 1. The van der Waals surface area contributed by atoms with Crippen LogP contribution in [0.2, 0.25) is 0 Å². The molecule has 1 aromatic rings. The molecule has 1 amide bonds. The summed E-state index contributed by atoms with van der Waals surface area (Å²) in [6.07, 6.45) is 2.31. The Labute approximate surface area is 139 Å². The molecule has 1 aromatic carbocycles. The van der Waals surface area contributed by atoms with Crippen LogP contribution in [0, 0.1) is 11.8 Å². The second kappa shape index (κ2) is 7.68. The zero-order chi connectivity index (χ0) is 17.0. The molecule has 1 atom stereocenters. The Balaban J connectivity index is 2.12. The molecule has 1 aliphatic rings. The predicted molar refractivity (Wildman–Crippen MR) is 94.6 cm³/mol. The molecule has 0 spiro atoms. The first-order valence-electron chi connectivity index (χ1n) is 8.40. The Morgan fingerprint density at radius 3 is 2.57 bits per heavy atom. The zero-order valence-corrected chi connectivity index (χ0v) is 14.6. The van der Waals surface area contributed by atoms with Gasteiger partial charge in [0.05, 0.1) is 18.8 Å². The highest BCUT2D eigenvalue weighted by atomic mass is 16.5. The average Bonchev–Trinajstić information content (AvgIpc) is 2.51. The van der Waals surface area contributed by atoms with Crippen molar-refractivity contribution in [3.63, 3.8) is 0 Å². The SMILES string of the molecule is COc1cc(N)ccc1NC(=O)C(C(C)C)N1CCC(C)CC1. The second-order valence-corrected chi connectivity index (χ2v) is 6.86. The van der Waals surface area contributed by atoms with Crippen LogP contribution in [0.25, 0.3) is 0 Å². The van der Waals surface area contributed by atoms with Crippen LogP contribution in [0.1, 0.15) is 33.6 Å². The topological polar surface area (TPSA) is 67.6 Å². The highest BCUT2D eigenvalue weighted by Gasteiger charge is 2.31. The molecule has 3 N–H and O–H groups in total. The van der Waals surface area contributed by atoms with Gasteiger partial charge in [0.25, 0.3) is 0 Å². The lowest BCUT2D eigenvalue weighted by molar-refractivity contribution is -0.123. The van der Waals surface area contributed by atoms with Gasteiger partial charge in [0.2, 0.25) is 5.91 Å². The molecule has 0 aromatic heterocycles. The van der Waals surface area contributed by atoms with Crippen molar-refractivity contribution in [1.82, 2.24) is 4.90 Å². The van der Waals surface area contributed by atoms with Crippen molar-refractivity contribution in [3.05, 3.63) is 18.2 Å². The summed E-state index contributed by atoms with van der Waals surface area (Å²) in [6.45, 7) is 8.44. The molecule has 0 saturated carbocycles. The van der Waals surface area contributed by atoms with Crippen molar-refractivity contribution in [2.75, 3.05) is 31.2 Å². The minimum absolute atomic E-state index is 0.0256. The van der Waals surface area contributed by atoms with Crippen molar-refractivity contribution in [2.24, 2.45) is 11.8 Å². The van der Waals surface area contributed by atoms with Gasteiger partial charge >= 0.3 is 0 Å². The lowest BCUT2D eigenvalue weighted by Gasteiger charge is -2.37. The Morgan fingerprint density at radius 2 is 2.00 bits per heavy atom. The van der Waals surface area contributed by atoms with E-state index in [-0.39, 0.29) is 17.9 Å². The van der Waals surface area contributed by atoms with E-state index in [9.17, 15) is 4.79 Å². The van der Waals surface area contributed by atoms with Crippen LogP contribution in [-0.2, 0) is 4.79 Å². The number of hydrogen-bond donors (Lipinski definition) is 2. The highest BCUT2D eigenvalue weighted by Crippen LogP contribution is 2.28. The number of benzene rings is 1. The van der Waals surface area contributed by atoms with E-state index < -0.39 is 0 Å². The molecule has 128 valence electrons. The number of rotatable bonds is 5. The molecule has 1 saturated heterocycles. The number of methoxy groups -OCH3 is 1. The van der Waals surface area contributed by atoms with Gasteiger partial charge in [-0.25, -0.2) is 0 Å². The first kappa shape index (κ1) is 17.6. The average molecular weight is 319 g/mol. The summed E-state index contributed by atoms with van der Waals surface area (Å²) in [4.78, 5) is 15.2. The van der Waals surface area contributed by atoms with Gasteiger partial charge in [0, 0.05) is 11.8 Å². The lowest BCUT2D eigenvalue weighted by atomic mass is 9.94. The van der Waals surface area contributed by atoms with Crippen LogP contribution in [0.5, 0.6) is 5.75 Å². The molecule has 5 nitrogen and oxygen atoms in total.